The van der Waals surface area contributed by atoms with Gasteiger partial charge >= 0.3 is 0 Å². The first-order chi connectivity index (χ1) is 14.2. The van der Waals surface area contributed by atoms with Crippen LogP contribution in [0.15, 0.2) is 72.8 Å². The Morgan fingerprint density at radius 2 is 1.76 bits per heavy atom. The van der Waals surface area contributed by atoms with Crippen molar-refractivity contribution < 1.29 is 4.74 Å². The number of benzene rings is 2. The van der Waals surface area contributed by atoms with E-state index in [1.165, 1.54) is 0 Å². The minimum absolute atomic E-state index is 0.422. The number of aromatic nitrogens is 2. The average Bonchev–Trinajstić information content (AvgIpc) is 3.13. The maximum absolute atomic E-state index is 5.55. The summed E-state index contributed by atoms with van der Waals surface area (Å²) in [4.78, 5) is 4.73. The molecule has 2 aromatic carbocycles. The van der Waals surface area contributed by atoms with Crippen LogP contribution in [0.4, 0.5) is 0 Å². The van der Waals surface area contributed by atoms with E-state index in [9.17, 15) is 0 Å². The Balaban J connectivity index is 1.81. The topological polar surface area (TPSA) is 103 Å². The standard InChI is InChI=1S/C22H24N6O/c1-29-18-10-11-20-16(12-18)13-21(15-6-3-2-4-7-15)28(20)14-17-8-5-9-19(25-17)22(26-23)27-24/h2-13,22,26-27H,14,23-24H2,1H3. The first kappa shape index (κ1) is 19.1. The third kappa shape index (κ3) is 3.85. The maximum atomic E-state index is 5.55. The number of nitrogens with one attached hydrogen (secondary N) is 2. The number of ether oxygens (including phenoxy) is 1. The van der Waals surface area contributed by atoms with Crippen LogP contribution in [0.1, 0.15) is 17.6 Å². The van der Waals surface area contributed by atoms with Gasteiger partial charge in [-0.15, -0.1) is 0 Å². The second-order valence-corrected chi connectivity index (χ2v) is 6.73. The molecule has 0 fully saturated rings. The zero-order valence-corrected chi connectivity index (χ0v) is 16.2. The minimum Gasteiger partial charge on any atom is -0.497 e. The van der Waals surface area contributed by atoms with Crippen LogP contribution < -0.4 is 27.3 Å². The van der Waals surface area contributed by atoms with Gasteiger partial charge in [0.05, 0.1) is 25.0 Å². The van der Waals surface area contributed by atoms with E-state index in [2.05, 4.69) is 45.8 Å². The van der Waals surface area contributed by atoms with E-state index in [1.807, 2.05) is 42.5 Å². The van der Waals surface area contributed by atoms with E-state index in [0.717, 1.165) is 39.3 Å². The smallest absolute Gasteiger partial charge is 0.125 e. The fourth-order valence-corrected chi connectivity index (χ4v) is 3.52. The van der Waals surface area contributed by atoms with E-state index in [-0.39, 0.29) is 0 Å². The number of hydrogen-bond acceptors (Lipinski definition) is 6. The van der Waals surface area contributed by atoms with Gasteiger partial charge in [-0.1, -0.05) is 36.4 Å². The Labute approximate surface area is 169 Å². The van der Waals surface area contributed by atoms with Crippen molar-refractivity contribution in [2.45, 2.75) is 12.7 Å². The van der Waals surface area contributed by atoms with Gasteiger partial charge in [-0.3, -0.25) is 16.7 Å². The third-order valence-electron chi connectivity index (χ3n) is 4.96. The molecule has 0 spiro atoms. The largest absolute Gasteiger partial charge is 0.497 e. The fraction of sp³-hybridized carbons (Fsp3) is 0.136. The van der Waals surface area contributed by atoms with Crippen molar-refractivity contribution in [2.24, 2.45) is 11.7 Å². The average molecular weight is 388 g/mol. The summed E-state index contributed by atoms with van der Waals surface area (Å²) in [7, 11) is 1.68. The lowest BCUT2D eigenvalue weighted by Crippen LogP contribution is -2.42. The fourth-order valence-electron chi connectivity index (χ4n) is 3.52. The van der Waals surface area contributed by atoms with Gasteiger partial charge in [0.25, 0.3) is 0 Å². The number of hydrazine groups is 2. The molecular weight excluding hydrogens is 364 g/mol. The molecule has 29 heavy (non-hydrogen) atoms. The summed E-state index contributed by atoms with van der Waals surface area (Å²) in [5.74, 6) is 11.9. The van der Waals surface area contributed by atoms with Crippen molar-refractivity contribution in [1.82, 2.24) is 20.4 Å². The lowest BCUT2D eigenvalue weighted by Gasteiger charge is -2.16. The molecule has 2 aromatic heterocycles. The zero-order valence-electron chi connectivity index (χ0n) is 16.2. The lowest BCUT2D eigenvalue weighted by atomic mass is 10.1. The number of nitrogens with zero attached hydrogens (tertiary/aromatic N) is 2. The van der Waals surface area contributed by atoms with Crippen LogP contribution >= 0.6 is 0 Å². The summed E-state index contributed by atoms with van der Waals surface area (Å²) in [6, 6.07) is 24.4. The molecule has 0 aliphatic carbocycles. The molecule has 4 rings (SSSR count). The Bertz CT molecular complexity index is 1100. The van der Waals surface area contributed by atoms with Crippen molar-refractivity contribution in [2.75, 3.05) is 7.11 Å². The Morgan fingerprint density at radius 3 is 2.48 bits per heavy atom. The normalized spacial score (nSPS) is 11.3. The molecule has 0 unspecified atom stereocenters. The molecule has 0 bridgehead atoms. The molecule has 7 nitrogen and oxygen atoms in total. The van der Waals surface area contributed by atoms with Crippen LogP contribution in [0.25, 0.3) is 22.2 Å². The molecule has 7 heteroatoms. The van der Waals surface area contributed by atoms with E-state index in [1.54, 1.807) is 7.11 Å². The van der Waals surface area contributed by atoms with Crippen molar-refractivity contribution >= 4 is 10.9 Å². The van der Waals surface area contributed by atoms with E-state index < -0.39 is 6.17 Å². The predicted octanol–water partition coefficient (Wildman–Crippen LogP) is 2.69. The summed E-state index contributed by atoms with van der Waals surface area (Å²) in [5, 5.41) is 1.12. The molecule has 0 radical (unpaired) electrons. The lowest BCUT2D eigenvalue weighted by molar-refractivity contribution is 0.415. The molecule has 6 N–H and O–H groups in total. The first-order valence-electron chi connectivity index (χ1n) is 9.34. The molecule has 148 valence electrons. The highest BCUT2D eigenvalue weighted by Gasteiger charge is 2.14. The molecule has 0 amide bonds. The number of pyridine rings is 1. The third-order valence-corrected chi connectivity index (χ3v) is 4.96. The molecule has 2 heterocycles. The van der Waals surface area contributed by atoms with Crippen LogP contribution in [-0.4, -0.2) is 16.7 Å². The molecule has 4 aromatic rings. The molecule has 0 saturated heterocycles. The van der Waals surface area contributed by atoms with Crippen LogP contribution in [0, 0.1) is 0 Å². The van der Waals surface area contributed by atoms with E-state index in [0.29, 0.717) is 6.54 Å². The molecular formula is C22H24N6O. The first-order valence-corrected chi connectivity index (χ1v) is 9.34. The second-order valence-electron chi connectivity index (χ2n) is 6.73. The Morgan fingerprint density at radius 1 is 0.966 bits per heavy atom. The molecule has 0 atom stereocenters. The summed E-state index contributed by atoms with van der Waals surface area (Å²) >= 11 is 0. The van der Waals surface area contributed by atoms with Crippen molar-refractivity contribution in [3.05, 3.63) is 84.2 Å². The van der Waals surface area contributed by atoms with Crippen LogP contribution in [0.2, 0.25) is 0 Å². The summed E-state index contributed by atoms with van der Waals surface area (Å²) < 4.78 is 7.66. The molecule has 0 aliphatic rings. The maximum Gasteiger partial charge on any atom is 0.125 e. The van der Waals surface area contributed by atoms with Crippen molar-refractivity contribution in [1.29, 1.82) is 0 Å². The van der Waals surface area contributed by atoms with Gasteiger partial charge in [-0.25, -0.2) is 10.9 Å². The van der Waals surface area contributed by atoms with Gasteiger partial charge in [-0.2, -0.15) is 0 Å². The van der Waals surface area contributed by atoms with Crippen molar-refractivity contribution in [3.63, 3.8) is 0 Å². The van der Waals surface area contributed by atoms with Gasteiger partial charge in [0.15, 0.2) is 0 Å². The highest BCUT2D eigenvalue weighted by Crippen LogP contribution is 2.31. The van der Waals surface area contributed by atoms with Crippen LogP contribution in [0.3, 0.4) is 0 Å². The van der Waals surface area contributed by atoms with Gasteiger partial charge in [0.1, 0.15) is 11.9 Å². The minimum atomic E-state index is -0.422. The van der Waals surface area contributed by atoms with Gasteiger partial charge in [0.2, 0.25) is 0 Å². The Hall–Kier alpha value is -3.23. The van der Waals surface area contributed by atoms with Crippen LogP contribution in [-0.2, 0) is 6.54 Å². The van der Waals surface area contributed by atoms with Gasteiger partial charge < -0.3 is 9.30 Å². The Kier molecular flexibility index (Phi) is 5.55. The highest BCUT2D eigenvalue weighted by molar-refractivity contribution is 5.88. The van der Waals surface area contributed by atoms with E-state index in [4.69, 9.17) is 21.4 Å². The number of hydrogen-bond donors (Lipinski definition) is 4. The van der Waals surface area contributed by atoms with Crippen LogP contribution in [0.5, 0.6) is 5.75 Å². The number of rotatable bonds is 7. The second kappa shape index (κ2) is 8.42. The molecule has 0 saturated carbocycles. The summed E-state index contributed by atoms with van der Waals surface area (Å²) in [6.45, 7) is 0.607. The number of fused-ring (bicyclic) bond motifs is 1. The monoisotopic (exact) mass is 388 g/mol. The summed E-state index contributed by atoms with van der Waals surface area (Å²) in [6.07, 6.45) is -0.422. The van der Waals surface area contributed by atoms with Gasteiger partial charge in [0, 0.05) is 16.6 Å². The molecule has 0 aliphatic heterocycles. The van der Waals surface area contributed by atoms with E-state index >= 15 is 0 Å². The number of nitrogens with two attached hydrogens (primary N) is 2. The number of methoxy groups -OCH3 is 1. The quantitative estimate of drug-likeness (QED) is 0.221. The SMILES string of the molecule is COc1ccc2c(c1)cc(-c1ccccc1)n2Cc1cccc(C(NN)NN)n1. The predicted molar refractivity (Wildman–Crippen MR) is 115 cm³/mol. The zero-order chi connectivity index (χ0) is 20.2. The summed E-state index contributed by atoms with van der Waals surface area (Å²) in [5.41, 5.74) is 10.2. The highest BCUT2D eigenvalue weighted by atomic mass is 16.5. The van der Waals surface area contributed by atoms with Gasteiger partial charge in [-0.05, 0) is 42.0 Å². The van der Waals surface area contributed by atoms with Crippen molar-refractivity contribution in [3.8, 4) is 17.0 Å².